The monoisotopic (exact) mass is 259 g/mol. The van der Waals surface area contributed by atoms with Crippen LogP contribution in [0.2, 0.25) is 0 Å². The van der Waals surface area contributed by atoms with Crippen LogP contribution in [-0.4, -0.2) is 24.2 Å². The summed E-state index contributed by atoms with van der Waals surface area (Å²) in [5.74, 6) is 0.846. The van der Waals surface area contributed by atoms with Crippen LogP contribution in [0.3, 0.4) is 0 Å². The molecule has 0 amide bonds. The Balaban J connectivity index is 1.66. The number of nitrogens with zero attached hydrogens (tertiary/aromatic N) is 2. The van der Waals surface area contributed by atoms with Crippen LogP contribution in [0.15, 0.2) is 12.1 Å². The SMILES string of the molecule is COc1ccc(C#N)c(OC2CC3(CC(N)C3)C2)n1. The Morgan fingerprint density at radius 1 is 1.37 bits per heavy atom. The van der Waals surface area contributed by atoms with Crippen LogP contribution in [0.4, 0.5) is 0 Å². The highest BCUT2D eigenvalue weighted by Gasteiger charge is 2.53. The van der Waals surface area contributed by atoms with Crippen molar-refractivity contribution in [2.75, 3.05) is 7.11 Å². The lowest BCUT2D eigenvalue weighted by Crippen LogP contribution is -2.56. The minimum absolute atomic E-state index is 0.152. The van der Waals surface area contributed by atoms with E-state index in [9.17, 15) is 0 Å². The summed E-state index contributed by atoms with van der Waals surface area (Å²) in [6, 6.07) is 5.80. The minimum atomic E-state index is 0.152. The second-order valence-electron chi connectivity index (χ2n) is 5.63. The number of methoxy groups -OCH3 is 1. The van der Waals surface area contributed by atoms with Crippen LogP contribution >= 0.6 is 0 Å². The average Bonchev–Trinajstić information content (AvgIpc) is 2.34. The fraction of sp³-hybridized carbons (Fsp3) is 0.571. The van der Waals surface area contributed by atoms with E-state index in [0.717, 1.165) is 25.7 Å². The third kappa shape index (κ3) is 2.13. The molecular weight excluding hydrogens is 242 g/mol. The number of hydrogen-bond acceptors (Lipinski definition) is 5. The van der Waals surface area contributed by atoms with Gasteiger partial charge < -0.3 is 15.2 Å². The number of aromatic nitrogens is 1. The maximum atomic E-state index is 9.05. The summed E-state index contributed by atoms with van der Waals surface area (Å²) in [7, 11) is 1.55. The molecule has 1 heterocycles. The van der Waals surface area contributed by atoms with Crippen LogP contribution in [0.1, 0.15) is 31.2 Å². The number of ether oxygens (including phenoxy) is 2. The van der Waals surface area contributed by atoms with E-state index in [1.165, 1.54) is 0 Å². The van der Waals surface area contributed by atoms with Crippen molar-refractivity contribution in [1.29, 1.82) is 5.26 Å². The summed E-state index contributed by atoms with van der Waals surface area (Å²) in [5, 5.41) is 9.05. The number of rotatable bonds is 3. The molecule has 2 N–H and O–H groups in total. The molecule has 100 valence electrons. The second-order valence-corrected chi connectivity index (χ2v) is 5.63. The molecule has 0 aliphatic heterocycles. The molecule has 0 saturated heterocycles. The van der Waals surface area contributed by atoms with Gasteiger partial charge in [-0.15, -0.1) is 0 Å². The van der Waals surface area contributed by atoms with Gasteiger partial charge in [0, 0.05) is 12.1 Å². The first kappa shape index (κ1) is 12.2. The van der Waals surface area contributed by atoms with E-state index < -0.39 is 0 Å². The summed E-state index contributed by atoms with van der Waals surface area (Å²) in [6.45, 7) is 0. The quantitative estimate of drug-likeness (QED) is 0.891. The van der Waals surface area contributed by atoms with E-state index in [0.29, 0.717) is 28.8 Å². The lowest BCUT2D eigenvalue weighted by atomic mass is 9.53. The van der Waals surface area contributed by atoms with Gasteiger partial charge >= 0.3 is 0 Å². The molecule has 1 aromatic rings. The van der Waals surface area contributed by atoms with Crippen LogP contribution in [-0.2, 0) is 0 Å². The van der Waals surface area contributed by atoms with E-state index in [1.807, 2.05) is 0 Å². The third-order valence-electron chi connectivity index (χ3n) is 4.15. The lowest BCUT2D eigenvalue weighted by molar-refractivity contribution is -0.0797. The fourth-order valence-electron chi connectivity index (χ4n) is 3.25. The zero-order valence-corrected chi connectivity index (χ0v) is 10.9. The first-order valence-electron chi connectivity index (χ1n) is 6.51. The number of nitrogens with two attached hydrogens (primary N) is 1. The molecule has 2 fully saturated rings. The van der Waals surface area contributed by atoms with Gasteiger partial charge in [-0.2, -0.15) is 10.2 Å². The number of pyridine rings is 1. The number of hydrogen-bond donors (Lipinski definition) is 1. The molecule has 2 saturated carbocycles. The van der Waals surface area contributed by atoms with Crippen molar-refractivity contribution in [3.05, 3.63) is 17.7 Å². The van der Waals surface area contributed by atoms with Crippen LogP contribution in [0.25, 0.3) is 0 Å². The minimum Gasteiger partial charge on any atom is -0.481 e. The molecule has 5 nitrogen and oxygen atoms in total. The van der Waals surface area contributed by atoms with Crippen LogP contribution in [0.5, 0.6) is 11.8 Å². The van der Waals surface area contributed by atoms with Gasteiger partial charge in [-0.1, -0.05) is 0 Å². The molecule has 3 rings (SSSR count). The standard InChI is InChI=1S/C14H17N3O2/c1-18-12-3-2-9(8-15)13(17-12)19-11-6-14(7-11)4-10(16)5-14/h2-3,10-11H,4-7,16H2,1H3. The Hall–Kier alpha value is -1.80. The Bertz CT molecular complexity index is 524. The Morgan fingerprint density at radius 3 is 2.68 bits per heavy atom. The zero-order valence-electron chi connectivity index (χ0n) is 10.9. The molecular formula is C14H17N3O2. The van der Waals surface area contributed by atoms with Gasteiger partial charge in [-0.25, -0.2) is 0 Å². The van der Waals surface area contributed by atoms with Gasteiger partial charge in [0.25, 0.3) is 0 Å². The molecule has 0 atom stereocenters. The third-order valence-corrected chi connectivity index (χ3v) is 4.15. The summed E-state index contributed by atoms with van der Waals surface area (Å²) in [4.78, 5) is 4.20. The molecule has 1 spiro atoms. The Labute approximate surface area is 112 Å². The maximum absolute atomic E-state index is 9.05. The topological polar surface area (TPSA) is 81.2 Å². The van der Waals surface area contributed by atoms with Crippen molar-refractivity contribution in [3.8, 4) is 17.8 Å². The Morgan fingerprint density at radius 2 is 2.11 bits per heavy atom. The highest BCUT2D eigenvalue weighted by atomic mass is 16.5. The summed E-state index contributed by atoms with van der Waals surface area (Å²) in [5.41, 5.74) is 6.70. The van der Waals surface area contributed by atoms with Gasteiger partial charge in [-0.3, -0.25) is 0 Å². The van der Waals surface area contributed by atoms with Crippen molar-refractivity contribution in [2.24, 2.45) is 11.1 Å². The predicted molar refractivity (Wildman–Crippen MR) is 68.8 cm³/mol. The van der Waals surface area contributed by atoms with E-state index in [-0.39, 0.29) is 6.10 Å². The largest absolute Gasteiger partial charge is 0.481 e. The van der Waals surface area contributed by atoms with E-state index in [4.69, 9.17) is 20.5 Å². The maximum Gasteiger partial charge on any atom is 0.235 e. The molecule has 0 radical (unpaired) electrons. The van der Waals surface area contributed by atoms with Gasteiger partial charge in [0.15, 0.2) is 0 Å². The van der Waals surface area contributed by atoms with Crippen LogP contribution < -0.4 is 15.2 Å². The van der Waals surface area contributed by atoms with Crippen molar-refractivity contribution in [3.63, 3.8) is 0 Å². The van der Waals surface area contributed by atoms with Crippen LogP contribution in [0, 0.1) is 16.7 Å². The van der Waals surface area contributed by atoms with E-state index in [2.05, 4.69) is 11.1 Å². The molecule has 2 aliphatic carbocycles. The average molecular weight is 259 g/mol. The van der Waals surface area contributed by atoms with Gasteiger partial charge in [0.1, 0.15) is 17.7 Å². The first-order chi connectivity index (χ1) is 9.14. The van der Waals surface area contributed by atoms with Crippen molar-refractivity contribution in [1.82, 2.24) is 4.98 Å². The van der Waals surface area contributed by atoms with Crippen molar-refractivity contribution < 1.29 is 9.47 Å². The summed E-state index contributed by atoms with van der Waals surface area (Å²) >= 11 is 0. The summed E-state index contributed by atoms with van der Waals surface area (Å²) < 4.78 is 10.9. The second kappa shape index (κ2) is 4.39. The molecule has 0 unspecified atom stereocenters. The molecule has 5 heteroatoms. The highest BCUT2D eigenvalue weighted by molar-refractivity contribution is 5.40. The fourth-order valence-corrected chi connectivity index (χ4v) is 3.25. The normalized spacial score (nSPS) is 32.1. The van der Waals surface area contributed by atoms with E-state index in [1.54, 1.807) is 19.2 Å². The lowest BCUT2D eigenvalue weighted by Gasteiger charge is -2.56. The van der Waals surface area contributed by atoms with Gasteiger partial charge in [0.2, 0.25) is 11.8 Å². The Kier molecular flexibility index (Phi) is 2.83. The van der Waals surface area contributed by atoms with Gasteiger partial charge in [-0.05, 0) is 37.2 Å². The smallest absolute Gasteiger partial charge is 0.235 e. The highest BCUT2D eigenvalue weighted by Crippen LogP contribution is 2.56. The first-order valence-corrected chi connectivity index (χ1v) is 6.51. The van der Waals surface area contributed by atoms with E-state index >= 15 is 0 Å². The van der Waals surface area contributed by atoms with Crippen molar-refractivity contribution in [2.45, 2.75) is 37.8 Å². The summed E-state index contributed by atoms with van der Waals surface area (Å²) in [6.07, 6.45) is 4.39. The predicted octanol–water partition coefficient (Wildman–Crippen LogP) is 1.61. The molecule has 2 aliphatic rings. The van der Waals surface area contributed by atoms with Crippen molar-refractivity contribution >= 4 is 0 Å². The molecule has 1 aromatic heterocycles. The molecule has 19 heavy (non-hydrogen) atoms. The van der Waals surface area contributed by atoms with Gasteiger partial charge in [0.05, 0.1) is 7.11 Å². The number of nitriles is 1. The molecule has 0 aromatic carbocycles. The molecule has 0 bridgehead atoms. The zero-order chi connectivity index (χ0) is 13.5.